The fraction of sp³-hybridized carbons (Fsp3) is 0.455. The summed E-state index contributed by atoms with van der Waals surface area (Å²) in [6.45, 7) is 4.71. The summed E-state index contributed by atoms with van der Waals surface area (Å²) in [7, 11) is 0. The molecule has 0 N–H and O–H groups in total. The third kappa shape index (κ3) is 4.11. The van der Waals surface area contributed by atoms with Gasteiger partial charge in [0.25, 0.3) is 0 Å². The van der Waals surface area contributed by atoms with Crippen LogP contribution in [0.2, 0.25) is 0 Å². The molecule has 0 saturated carbocycles. The molecular formula is C22H24N2O4. The van der Waals surface area contributed by atoms with Gasteiger partial charge in [0, 0.05) is 30.2 Å². The Labute approximate surface area is 164 Å². The van der Waals surface area contributed by atoms with Crippen molar-refractivity contribution in [2.45, 2.75) is 38.8 Å². The van der Waals surface area contributed by atoms with E-state index in [0.29, 0.717) is 38.9 Å². The smallest absolute Gasteiger partial charge is 0.351 e. The van der Waals surface area contributed by atoms with Gasteiger partial charge in [-0.2, -0.15) is 4.98 Å². The quantitative estimate of drug-likeness (QED) is 0.763. The highest BCUT2D eigenvalue weighted by Gasteiger charge is 2.20. The zero-order valence-electron chi connectivity index (χ0n) is 16.1. The zero-order valence-corrected chi connectivity index (χ0v) is 16.1. The zero-order chi connectivity index (χ0) is 19.3. The highest BCUT2D eigenvalue weighted by Crippen LogP contribution is 2.30. The van der Waals surface area contributed by atoms with E-state index in [2.05, 4.69) is 29.8 Å². The molecule has 3 heterocycles. The molecule has 0 aliphatic carbocycles. The van der Waals surface area contributed by atoms with E-state index >= 15 is 0 Å². The van der Waals surface area contributed by atoms with Crippen LogP contribution in [0.3, 0.4) is 0 Å². The van der Waals surface area contributed by atoms with Crippen LogP contribution in [0.15, 0.2) is 29.1 Å². The predicted octanol–water partition coefficient (Wildman–Crippen LogP) is 2.41. The summed E-state index contributed by atoms with van der Waals surface area (Å²) in [5, 5.41) is 0. The van der Waals surface area contributed by atoms with Gasteiger partial charge in [-0.3, -0.25) is 4.57 Å². The second kappa shape index (κ2) is 8.59. The average Bonchev–Trinajstić information content (AvgIpc) is 2.73. The maximum atomic E-state index is 12.5. The van der Waals surface area contributed by atoms with E-state index in [1.165, 1.54) is 5.56 Å². The van der Waals surface area contributed by atoms with Crippen molar-refractivity contribution in [2.75, 3.05) is 26.4 Å². The topological polar surface area (TPSA) is 62.6 Å². The summed E-state index contributed by atoms with van der Waals surface area (Å²) in [5.41, 5.74) is 3.80. The van der Waals surface area contributed by atoms with E-state index < -0.39 is 0 Å². The first-order valence-corrected chi connectivity index (χ1v) is 9.81. The molecule has 146 valence electrons. The summed E-state index contributed by atoms with van der Waals surface area (Å²) in [4.78, 5) is 16.6. The lowest BCUT2D eigenvalue weighted by Crippen LogP contribution is -2.34. The largest absolute Gasteiger partial charge is 0.475 e. The maximum Gasteiger partial charge on any atom is 0.351 e. The van der Waals surface area contributed by atoms with Crippen LogP contribution in [0.5, 0.6) is 5.88 Å². The third-order valence-electron chi connectivity index (χ3n) is 4.88. The molecule has 1 unspecified atom stereocenters. The van der Waals surface area contributed by atoms with Crippen LogP contribution in [0, 0.1) is 11.8 Å². The van der Waals surface area contributed by atoms with Crippen LogP contribution in [-0.4, -0.2) is 42.1 Å². The van der Waals surface area contributed by atoms with Gasteiger partial charge in [-0.25, -0.2) is 4.79 Å². The van der Waals surface area contributed by atoms with Crippen molar-refractivity contribution in [1.29, 1.82) is 0 Å². The molecule has 28 heavy (non-hydrogen) atoms. The van der Waals surface area contributed by atoms with Gasteiger partial charge < -0.3 is 14.2 Å². The van der Waals surface area contributed by atoms with E-state index in [1.54, 1.807) is 4.57 Å². The number of ether oxygens (including phenoxy) is 3. The van der Waals surface area contributed by atoms with Gasteiger partial charge in [-0.1, -0.05) is 24.8 Å². The minimum atomic E-state index is -0.286. The molecule has 1 aromatic carbocycles. The van der Waals surface area contributed by atoms with Crippen LogP contribution in [0.25, 0.3) is 11.3 Å². The normalized spacial score (nSPS) is 17.8. The summed E-state index contributed by atoms with van der Waals surface area (Å²) < 4.78 is 18.4. The molecule has 0 bridgehead atoms. The molecule has 2 aliphatic heterocycles. The van der Waals surface area contributed by atoms with Crippen molar-refractivity contribution < 1.29 is 14.2 Å². The minimum absolute atomic E-state index is 0.133. The molecule has 1 aromatic heterocycles. The SMILES string of the molecule is CCCC#Cc1ccc2c(c1)CCn1c-2cc(OCC2COCCO2)nc1=O. The highest BCUT2D eigenvalue weighted by molar-refractivity contribution is 5.67. The van der Waals surface area contributed by atoms with Crippen LogP contribution in [0.1, 0.15) is 30.9 Å². The number of aryl methyl sites for hydroxylation is 1. The summed E-state index contributed by atoms with van der Waals surface area (Å²) in [6, 6.07) is 8.01. The summed E-state index contributed by atoms with van der Waals surface area (Å²) >= 11 is 0. The number of unbranched alkanes of at least 4 members (excludes halogenated alkanes) is 1. The van der Waals surface area contributed by atoms with Crippen molar-refractivity contribution in [3.8, 4) is 29.0 Å². The lowest BCUT2D eigenvalue weighted by molar-refractivity contribution is -0.102. The molecular weight excluding hydrogens is 356 g/mol. The first kappa shape index (κ1) is 18.7. The standard InChI is InChI=1S/C22H24N2O4/c1-2-3-4-5-16-6-7-19-17(12-16)8-9-24-20(19)13-21(23-22(24)25)28-15-18-14-26-10-11-27-18/h6-7,12-13,18H,2-3,8-11,14-15H2,1H3. The monoisotopic (exact) mass is 380 g/mol. The first-order chi connectivity index (χ1) is 13.7. The van der Waals surface area contributed by atoms with Gasteiger partial charge in [-0.05, 0) is 30.5 Å². The third-order valence-corrected chi connectivity index (χ3v) is 4.88. The Balaban J connectivity index is 1.58. The molecule has 0 spiro atoms. The van der Waals surface area contributed by atoms with Crippen LogP contribution in [0.4, 0.5) is 0 Å². The molecule has 1 atom stereocenters. The number of hydrogen-bond donors (Lipinski definition) is 0. The Morgan fingerprint density at radius 2 is 2.25 bits per heavy atom. The molecule has 0 radical (unpaired) electrons. The molecule has 2 aromatic rings. The van der Waals surface area contributed by atoms with Crippen molar-refractivity contribution in [3.63, 3.8) is 0 Å². The van der Waals surface area contributed by atoms with Gasteiger partial charge in [0.1, 0.15) is 12.7 Å². The van der Waals surface area contributed by atoms with Crippen molar-refractivity contribution in [3.05, 3.63) is 45.9 Å². The molecule has 6 heteroatoms. The van der Waals surface area contributed by atoms with Gasteiger partial charge in [-0.15, -0.1) is 0 Å². The Hall–Kier alpha value is -2.62. The average molecular weight is 380 g/mol. The van der Waals surface area contributed by atoms with E-state index in [1.807, 2.05) is 18.2 Å². The molecule has 1 saturated heterocycles. The Bertz CT molecular complexity index is 965. The number of nitrogens with zero attached hydrogens (tertiary/aromatic N) is 2. The van der Waals surface area contributed by atoms with Gasteiger partial charge >= 0.3 is 5.69 Å². The Morgan fingerprint density at radius 1 is 1.32 bits per heavy atom. The van der Waals surface area contributed by atoms with Crippen molar-refractivity contribution in [2.24, 2.45) is 0 Å². The van der Waals surface area contributed by atoms with Gasteiger partial charge in [0.15, 0.2) is 0 Å². The second-order valence-corrected chi connectivity index (χ2v) is 6.97. The fourth-order valence-electron chi connectivity index (χ4n) is 3.46. The number of hydrogen-bond acceptors (Lipinski definition) is 5. The fourth-order valence-corrected chi connectivity index (χ4v) is 3.46. The molecule has 1 fully saturated rings. The van der Waals surface area contributed by atoms with E-state index in [9.17, 15) is 4.79 Å². The predicted molar refractivity (Wildman–Crippen MR) is 105 cm³/mol. The second-order valence-electron chi connectivity index (χ2n) is 6.97. The van der Waals surface area contributed by atoms with Crippen LogP contribution >= 0.6 is 0 Å². The van der Waals surface area contributed by atoms with Crippen molar-refractivity contribution in [1.82, 2.24) is 9.55 Å². The molecule has 6 nitrogen and oxygen atoms in total. The number of aromatic nitrogens is 2. The van der Waals surface area contributed by atoms with Crippen molar-refractivity contribution >= 4 is 0 Å². The first-order valence-electron chi connectivity index (χ1n) is 9.81. The van der Waals surface area contributed by atoms with E-state index in [4.69, 9.17) is 14.2 Å². The van der Waals surface area contributed by atoms with E-state index in [0.717, 1.165) is 36.1 Å². The molecule has 4 rings (SSSR count). The van der Waals surface area contributed by atoms with Crippen LogP contribution < -0.4 is 10.4 Å². The number of fused-ring (bicyclic) bond motifs is 3. The Kier molecular flexibility index (Phi) is 5.75. The maximum absolute atomic E-state index is 12.5. The van der Waals surface area contributed by atoms with E-state index in [-0.39, 0.29) is 11.8 Å². The summed E-state index contributed by atoms with van der Waals surface area (Å²) in [6.07, 6.45) is 2.62. The van der Waals surface area contributed by atoms with Gasteiger partial charge in [0.2, 0.25) is 5.88 Å². The molecule has 0 amide bonds. The number of rotatable bonds is 4. The number of benzene rings is 1. The highest BCUT2D eigenvalue weighted by atomic mass is 16.6. The van der Waals surface area contributed by atoms with Gasteiger partial charge in [0.05, 0.1) is 25.5 Å². The molecule has 2 aliphatic rings. The minimum Gasteiger partial charge on any atom is -0.475 e. The lowest BCUT2D eigenvalue weighted by Gasteiger charge is -2.24. The summed E-state index contributed by atoms with van der Waals surface area (Å²) in [5.74, 6) is 6.73. The van der Waals surface area contributed by atoms with Crippen LogP contribution in [-0.2, 0) is 22.4 Å². The Morgan fingerprint density at radius 3 is 3.07 bits per heavy atom. The lowest BCUT2D eigenvalue weighted by atomic mass is 9.95.